The van der Waals surface area contributed by atoms with Gasteiger partial charge in [0.1, 0.15) is 0 Å². The van der Waals surface area contributed by atoms with Crippen molar-refractivity contribution in [3.63, 3.8) is 0 Å². The van der Waals surface area contributed by atoms with Crippen molar-refractivity contribution in [2.45, 2.75) is 25.5 Å². The minimum Gasteiger partial charge on any atom is -0.388 e. The third-order valence-corrected chi connectivity index (χ3v) is 3.77. The number of amides is 2. The summed E-state index contributed by atoms with van der Waals surface area (Å²) in [4.78, 5) is 14.1. The fourth-order valence-electron chi connectivity index (χ4n) is 2.56. The van der Waals surface area contributed by atoms with Gasteiger partial charge in [-0.05, 0) is 31.0 Å². The highest BCUT2D eigenvalue weighted by molar-refractivity contribution is 5.93. The Bertz CT molecular complexity index is 659. The number of hydrogen-bond donors (Lipinski definition) is 3. The Morgan fingerprint density at radius 1 is 1.08 bits per heavy atom. The Hall–Kier alpha value is -2.53. The number of aliphatic hydroxyl groups is 1. The number of hydrogen-bond acceptors (Lipinski definition) is 3. The highest BCUT2D eigenvalue weighted by Gasteiger charge is 2.15. The lowest BCUT2D eigenvalue weighted by atomic mass is 10.0. The predicted molar refractivity (Wildman–Crippen MR) is 98.4 cm³/mol. The summed E-state index contributed by atoms with van der Waals surface area (Å²) >= 11 is 0. The number of para-hydroxylation sites is 2. The summed E-state index contributed by atoms with van der Waals surface area (Å²) in [5.41, 5.74) is 2.53. The van der Waals surface area contributed by atoms with E-state index >= 15 is 0 Å². The second-order valence-electron chi connectivity index (χ2n) is 6.07. The number of carbonyl (C=O) groups excluding carboxylic acids is 1. The summed E-state index contributed by atoms with van der Waals surface area (Å²) in [5, 5.41) is 16.0. The van der Waals surface area contributed by atoms with Crippen molar-refractivity contribution in [3.05, 3.63) is 60.2 Å². The van der Waals surface area contributed by atoms with Gasteiger partial charge in [0.15, 0.2) is 0 Å². The summed E-state index contributed by atoms with van der Waals surface area (Å²) in [6.45, 7) is 1.88. The van der Waals surface area contributed by atoms with Crippen molar-refractivity contribution in [2.75, 3.05) is 24.3 Å². The average Bonchev–Trinajstić information content (AvgIpc) is 2.55. The average molecular weight is 327 g/mol. The van der Waals surface area contributed by atoms with E-state index in [2.05, 4.69) is 10.6 Å². The number of carbonyl (C=O) groups is 1. The number of urea groups is 1. The quantitative estimate of drug-likeness (QED) is 0.762. The molecule has 0 unspecified atom stereocenters. The van der Waals surface area contributed by atoms with E-state index in [0.717, 1.165) is 16.9 Å². The van der Waals surface area contributed by atoms with Crippen LogP contribution >= 0.6 is 0 Å². The molecule has 0 aliphatic heterocycles. The smallest absolute Gasteiger partial charge is 0.319 e. The zero-order valence-electron chi connectivity index (χ0n) is 14.4. The number of aliphatic hydroxyl groups excluding tert-OH is 1. The van der Waals surface area contributed by atoms with E-state index in [4.69, 9.17) is 0 Å². The van der Waals surface area contributed by atoms with E-state index in [9.17, 15) is 9.90 Å². The van der Waals surface area contributed by atoms with Crippen molar-refractivity contribution in [1.82, 2.24) is 5.32 Å². The Balaban J connectivity index is 1.90. The molecule has 0 saturated carbocycles. The third-order valence-electron chi connectivity index (χ3n) is 3.77. The lowest BCUT2D eigenvalue weighted by Gasteiger charge is -2.21. The Morgan fingerprint density at radius 2 is 1.71 bits per heavy atom. The molecular weight excluding hydrogens is 302 g/mol. The highest BCUT2D eigenvalue weighted by atomic mass is 16.3. The Kier molecular flexibility index (Phi) is 6.21. The molecule has 2 rings (SSSR count). The number of benzene rings is 2. The zero-order chi connectivity index (χ0) is 17.5. The molecule has 128 valence electrons. The highest BCUT2D eigenvalue weighted by Crippen LogP contribution is 2.23. The molecule has 2 aromatic rings. The molecule has 0 aromatic heterocycles. The second-order valence-corrected chi connectivity index (χ2v) is 6.07. The third kappa shape index (κ3) is 4.99. The van der Waals surface area contributed by atoms with Crippen molar-refractivity contribution in [3.8, 4) is 0 Å². The molecule has 24 heavy (non-hydrogen) atoms. The molecule has 2 aromatic carbocycles. The molecule has 3 N–H and O–H groups in total. The largest absolute Gasteiger partial charge is 0.388 e. The van der Waals surface area contributed by atoms with E-state index in [1.807, 2.05) is 80.5 Å². The van der Waals surface area contributed by atoms with Crippen molar-refractivity contribution in [1.29, 1.82) is 0 Å². The van der Waals surface area contributed by atoms with Crippen LogP contribution in [0.15, 0.2) is 54.6 Å². The normalized spacial score (nSPS) is 13.0. The van der Waals surface area contributed by atoms with E-state index in [1.165, 1.54) is 0 Å². The van der Waals surface area contributed by atoms with Crippen LogP contribution in [-0.2, 0) is 0 Å². The lowest BCUT2D eigenvalue weighted by molar-refractivity contribution is 0.155. The first-order valence-corrected chi connectivity index (χ1v) is 8.04. The summed E-state index contributed by atoms with van der Waals surface area (Å²) in [6, 6.07) is 16.6. The van der Waals surface area contributed by atoms with Gasteiger partial charge in [-0.2, -0.15) is 0 Å². The van der Waals surface area contributed by atoms with Gasteiger partial charge in [0.2, 0.25) is 0 Å². The van der Waals surface area contributed by atoms with Crippen LogP contribution in [0, 0.1) is 0 Å². The SMILES string of the molecule is C[C@@H](C[C@H](O)c1ccccc1)NC(=O)Nc1ccccc1N(C)C. The number of rotatable bonds is 6. The number of nitrogens with one attached hydrogen (secondary N) is 2. The van der Waals surface area contributed by atoms with Crippen molar-refractivity contribution < 1.29 is 9.90 Å². The fraction of sp³-hybridized carbons (Fsp3) is 0.316. The van der Waals surface area contributed by atoms with Gasteiger partial charge in [0.05, 0.1) is 17.5 Å². The summed E-state index contributed by atoms with van der Waals surface area (Å²) in [7, 11) is 3.86. The topological polar surface area (TPSA) is 64.6 Å². The van der Waals surface area contributed by atoms with Gasteiger partial charge in [-0.1, -0.05) is 42.5 Å². The van der Waals surface area contributed by atoms with Crippen LogP contribution in [-0.4, -0.2) is 31.3 Å². The molecule has 0 saturated heterocycles. The fourth-order valence-corrected chi connectivity index (χ4v) is 2.56. The van der Waals surface area contributed by atoms with Gasteiger partial charge >= 0.3 is 6.03 Å². The Labute approximate surface area is 143 Å². The van der Waals surface area contributed by atoms with Gasteiger partial charge in [-0.3, -0.25) is 0 Å². The lowest BCUT2D eigenvalue weighted by Crippen LogP contribution is -2.37. The molecule has 0 spiro atoms. The number of anilines is 2. The molecule has 0 bridgehead atoms. The maximum Gasteiger partial charge on any atom is 0.319 e. The minimum absolute atomic E-state index is 0.160. The molecule has 5 nitrogen and oxygen atoms in total. The van der Waals surface area contributed by atoms with Crippen LogP contribution in [0.3, 0.4) is 0 Å². The molecule has 0 heterocycles. The van der Waals surface area contributed by atoms with Crippen LogP contribution in [0.2, 0.25) is 0 Å². The van der Waals surface area contributed by atoms with E-state index in [1.54, 1.807) is 0 Å². The molecule has 2 atom stereocenters. The van der Waals surface area contributed by atoms with Gasteiger partial charge in [0, 0.05) is 20.1 Å². The molecule has 0 aliphatic rings. The maximum atomic E-state index is 12.2. The van der Waals surface area contributed by atoms with Crippen molar-refractivity contribution in [2.24, 2.45) is 0 Å². The van der Waals surface area contributed by atoms with Crippen LogP contribution < -0.4 is 15.5 Å². The van der Waals surface area contributed by atoms with E-state index in [-0.39, 0.29) is 12.1 Å². The van der Waals surface area contributed by atoms with Crippen LogP contribution in [0.4, 0.5) is 16.2 Å². The minimum atomic E-state index is -0.601. The Morgan fingerprint density at radius 3 is 2.38 bits per heavy atom. The molecule has 5 heteroatoms. The van der Waals surface area contributed by atoms with Crippen LogP contribution in [0.5, 0.6) is 0 Å². The first-order valence-electron chi connectivity index (χ1n) is 8.04. The van der Waals surface area contributed by atoms with Gasteiger partial charge in [-0.15, -0.1) is 0 Å². The first-order chi connectivity index (χ1) is 11.5. The van der Waals surface area contributed by atoms with Crippen molar-refractivity contribution >= 4 is 17.4 Å². The summed E-state index contributed by atoms with van der Waals surface area (Å²) < 4.78 is 0. The van der Waals surface area contributed by atoms with Gasteiger partial charge in [0.25, 0.3) is 0 Å². The molecule has 0 radical (unpaired) electrons. The summed E-state index contributed by atoms with van der Waals surface area (Å²) in [6.07, 6.45) is -0.150. The second kappa shape index (κ2) is 8.36. The summed E-state index contributed by atoms with van der Waals surface area (Å²) in [5.74, 6) is 0. The first kappa shape index (κ1) is 17.8. The van der Waals surface area contributed by atoms with Gasteiger partial charge in [-0.25, -0.2) is 4.79 Å². The maximum absolute atomic E-state index is 12.2. The monoisotopic (exact) mass is 327 g/mol. The zero-order valence-corrected chi connectivity index (χ0v) is 14.4. The van der Waals surface area contributed by atoms with Crippen LogP contribution in [0.25, 0.3) is 0 Å². The molecular formula is C19H25N3O2. The van der Waals surface area contributed by atoms with Crippen LogP contribution in [0.1, 0.15) is 25.0 Å². The standard InChI is InChI=1S/C19H25N3O2/c1-14(13-18(23)15-9-5-4-6-10-15)20-19(24)21-16-11-7-8-12-17(16)22(2)3/h4-12,14,18,23H,13H2,1-3H3,(H2,20,21,24)/t14-,18-/m0/s1. The predicted octanol–water partition coefficient (Wildman–Crippen LogP) is 3.39. The van der Waals surface area contributed by atoms with Gasteiger partial charge < -0.3 is 20.6 Å². The molecule has 2 amide bonds. The van der Waals surface area contributed by atoms with E-state index in [0.29, 0.717) is 6.42 Å². The molecule has 0 fully saturated rings. The van der Waals surface area contributed by atoms with E-state index < -0.39 is 6.10 Å². The molecule has 0 aliphatic carbocycles. The number of nitrogens with zero attached hydrogens (tertiary/aromatic N) is 1.